The predicted octanol–water partition coefficient (Wildman–Crippen LogP) is 0.992. The maximum absolute atomic E-state index is 8.72. The van der Waals surface area contributed by atoms with Crippen LogP contribution in [0.25, 0.3) is 0 Å². The fourth-order valence-corrected chi connectivity index (χ4v) is 1.76. The summed E-state index contributed by atoms with van der Waals surface area (Å²) in [5.41, 5.74) is 3.63. The van der Waals surface area contributed by atoms with Crippen LogP contribution in [-0.4, -0.2) is 28.5 Å². The van der Waals surface area contributed by atoms with Gasteiger partial charge in [0, 0.05) is 31.0 Å². The van der Waals surface area contributed by atoms with Crippen molar-refractivity contribution in [3.8, 4) is 0 Å². The van der Waals surface area contributed by atoms with E-state index < -0.39 is 0 Å². The molecular formula is C11H21N3O. The average Bonchev–Trinajstić information content (AvgIpc) is 2.47. The molecule has 0 unspecified atom stereocenters. The van der Waals surface area contributed by atoms with Crippen LogP contribution in [0.3, 0.4) is 0 Å². The Bertz CT molecular complexity index is 307. The lowest BCUT2D eigenvalue weighted by molar-refractivity contribution is 0.280. The van der Waals surface area contributed by atoms with E-state index in [0.717, 1.165) is 31.6 Å². The molecule has 1 rings (SSSR count). The van der Waals surface area contributed by atoms with Gasteiger partial charge in [-0.05, 0) is 33.7 Å². The molecule has 0 aliphatic rings. The number of aryl methyl sites for hydroxylation is 2. The molecule has 1 aromatic heterocycles. The van der Waals surface area contributed by atoms with Gasteiger partial charge in [-0.25, -0.2) is 0 Å². The maximum atomic E-state index is 8.72. The minimum absolute atomic E-state index is 0.267. The van der Waals surface area contributed by atoms with Crippen molar-refractivity contribution in [3.63, 3.8) is 0 Å². The first-order valence-electron chi connectivity index (χ1n) is 5.49. The minimum Gasteiger partial charge on any atom is -0.396 e. The Morgan fingerprint density at radius 1 is 1.33 bits per heavy atom. The van der Waals surface area contributed by atoms with Crippen molar-refractivity contribution >= 4 is 0 Å². The summed E-state index contributed by atoms with van der Waals surface area (Å²) >= 11 is 0. The fraction of sp³-hybridized carbons (Fsp3) is 0.727. The molecule has 0 bridgehead atoms. The van der Waals surface area contributed by atoms with Gasteiger partial charge < -0.3 is 10.4 Å². The molecule has 15 heavy (non-hydrogen) atoms. The number of nitrogens with zero attached hydrogens (tertiary/aromatic N) is 2. The second-order valence-electron chi connectivity index (χ2n) is 3.83. The molecule has 1 aromatic rings. The van der Waals surface area contributed by atoms with Gasteiger partial charge in [0.2, 0.25) is 0 Å². The molecule has 0 aromatic carbocycles. The van der Waals surface area contributed by atoms with Crippen LogP contribution in [0.1, 0.15) is 29.8 Å². The van der Waals surface area contributed by atoms with Gasteiger partial charge in [0.05, 0.1) is 5.69 Å². The fourth-order valence-electron chi connectivity index (χ4n) is 1.76. The quantitative estimate of drug-likeness (QED) is 0.690. The molecule has 0 spiro atoms. The molecule has 4 nitrogen and oxygen atoms in total. The summed E-state index contributed by atoms with van der Waals surface area (Å²) in [6, 6.07) is 0. The number of nitrogens with one attached hydrogen (secondary N) is 1. The number of unbranched alkanes of at least 4 members (excludes halogenated alkanes) is 1. The van der Waals surface area contributed by atoms with Crippen molar-refractivity contribution in [2.75, 3.05) is 13.7 Å². The second kappa shape index (κ2) is 5.88. The first-order valence-corrected chi connectivity index (χ1v) is 5.49. The highest BCUT2D eigenvalue weighted by Gasteiger charge is 2.09. The Hall–Kier alpha value is -0.870. The van der Waals surface area contributed by atoms with Gasteiger partial charge in [0.25, 0.3) is 0 Å². The highest BCUT2D eigenvalue weighted by atomic mass is 16.2. The van der Waals surface area contributed by atoms with Crippen molar-refractivity contribution in [2.45, 2.75) is 39.8 Å². The molecule has 0 aliphatic carbocycles. The summed E-state index contributed by atoms with van der Waals surface area (Å²) in [6.45, 7) is 6.19. The topological polar surface area (TPSA) is 50.1 Å². The first kappa shape index (κ1) is 12.2. The largest absolute Gasteiger partial charge is 0.396 e. The molecule has 0 saturated carbocycles. The van der Waals surface area contributed by atoms with E-state index in [1.165, 1.54) is 11.3 Å². The molecule has 0 saturated heterocycles. The summed E-state index contributed by atoms with van der Waals surface area (Å²) in [5.74, 6) is 0. The highest BCUT2D eigenvalue weighted by Crippen LogP contribution is 2.13. The highest BCUT2D eigenvalue weighted by molar-refractivity contribution is 5.24. The van der Waals surface area contributed by atoms with E-state index in [-0.39, 0.29) is 6.61 Å². The smallest absolute Gasteiger partial charge is 0.0641 e. The van der Waals surface area contributed by atoms with Gasteiger partial charge in [0.1, 0.15) is 0 Å². The van der Waals surface area contributed by atoms with Crippen LogP contribution in [0.15, 0.2) is 0 Å². The van der Waals surface area contributed by atoms with Gasteiger partial charge in [-0.15, -0.1) is 0 Å². The van der Waals surface area contributed by atoms with Gasteiger partial charge in [0.15, 0.2) is 0 Å². The van der Waals surface area contributed by atoms with Crippen LogP contribution in [0, 0.1) is 13.8 Å². The van der Waals surface area contributed by atoms with Gasteiger partial charge in [-0.2, -0.15) is 5.10 Å². The number of rotatable bonds is 6. The van der Waals surface area contributed by atoms with E-state index in [0.29, 0.717) is 0 Å². The lowest BCUT2D eigenvalue weighted by atomic mass is 10.2. The van der Waals surface area contributed by atoms with E-state index in [1.54, 1.807) is 0 Å². The Morgan fingerprint density at radius 3 is 2.67 bits per heavy atom. The van der Waals surface area contributed by atoms with Crippen LogP contribution in [0.4, 0.5) is 0 Å². The minimum atomic E-state index is 0.267. The van der Waals surface area contributed by atoms with Crippen LogP contribution >= 0.6 is 0 Å². The zero-order chi connectivity index (χ0) is 11.3. The molecule has 2 N–H and O–H groups in total. The van der Waals surface area contributed by atoms with E-state index in [1.807, 2.05) is 18.7 Å². The molecule has 0 radical (unpaired) electrons. The predicted molar refractivity (Wildman–Crippen MR) is 60.8 cm³/mol. The number of hydrogen-bond acceptors (Lipinski definition) is 3. The Morgan fingerprint density at radius 2 is 2.07 bits per heavy atom. The molecule has 0 atom stereocenters. The van der Waals surface area contributed by atoms with Crippen molar-refractivity contribution < 1.29 is 5.11 Å². The summed E-state index contributed by atoms with van der Waals surface area (Å²) in [6.07, 6.45) is 1.83. The lowest BCUT2D eigenvalue weighted by Gasteiger charge is -2.04. The molecule has 4 heteroatoms. The zero-order valence-electron chi connectivity index (χ0n) is 9.88. The molecule has 1 heterocycles. The summed E-state index contributed by atoms with van der Waals surface area (Å²) in [7, 11) is 1.95. The summed E-state index contributed by atoms with van der Waals surface area (Å²) in [4.78, 5) is 0. The summed E-state index contributed by atoms with van der Waals surface area (Å²) < 4.78 is 2.04. The average molecular weight is 211 g/mol. The Kier molecular flexibility index (Phi) is 4.78. The third kappa shape index (κ3) is 3.04. The van der Waals surface area contributed by atoms with E-state index in [9.17, 15) is 0 Å². The molecule has 86 valence electrons. The van der Waals surface area contributed by atoms with Crippen molar-refractivity contribution in [3.05, 3.63) is 17.0 Å². The second-order valence-corrected chi connectivity index (χ2v) is 3.83. The van der Waals surface area contributed by atoms with Gasteiger partial charge >= 0.3 is 0 Å². The number of hydrogen-bond donors (Lipinski definition) is 2. The van der Waals surface area contributed by atoms with E-state index >= 15 is 0 Å². The van der Waals surface area contributed by atoms with Crippen LogP contribution in [0.2, 0.25) is 0 Å². The van der Waals surface area contributed by atoms with Crippen LogP contribution in [0.5, 0.6) is 0 Å². The number of aliphatic hydroxyl groups excluding tert-OH is 1. The molecule has 0 amide bonds. The number of aromatic nitrogens is 2. The standard InChI is InChI=1S/C11H21N3O/c1-9-11(8-12-3)10(2)14(13-9)6-4-5-7-15/h12,15H,4-8H2,1-3H3. The zero-order valence-corrected chi connectivity index (χ0v) is 9.88. The number of aliphatic hydroxyl groups is 1. The first-order chi connectivity index (χ1) is 7.20. The third-order valence-electron chi connectivity index (χ3n) is 2.66. The lowest BCUT2D eigenvalue weighted by Crippen LogP contribution is -2.08. The maximum Gasteiger partial charge on any atom is 0.0641 e. The van der Waals surface area contributed by atoms with Gasteiger partial charge in [-0.1, -0.05) is 0 Å². The van der Waals surface area contributed by atoms with E-state index in [4.69, 9.17) is 5.11 Å². The van der Waals surface area contributed by atoms with Crippen molar-refractivity contribution in [2.24, 2.45) is 0 Å². The third-order valence-corrected chi connectivity index (χ3v) is 2.66. The summed E-state index contributed by atoms with van der Waals surface area (Å²) in [5, 5.41) is 16.4. The van der Waals surface area contributed by atoms with Crippen molar-refractivity contribution in [1.82, 2.24) is 15.1 Å². The Labute approximate surface area is 91.3 Å². The molecule has 0 aliphatic heterocycles. The van der Waals surface area contributed by atoms with Crippen LogP contribution < -0.4 is 5.32 Å². The molecule has 0 fully saturated rings. The normalized spacial score (nSPS) is 10.9. The van der Waals surface area contributed by atoms with Crippen molar-refractivity contribution in [1.29, 1.82) is 0 Å². The van der Waals surface area contributed by atoms with E-state index in [2.05, 4.69) is 17.3 Å². The van der Waals surface area contributed by atoms with Crippen LogP contribution in [-0.2, 0) is 13.1 Å². The monoisotopic (exact) mass is 211 g/mol. The Balaban J connectivity index is 2.68. The molecular weight excluding hydrogens is 190 g/mol. The SMILES string of the molecule is CNCc1c(C)nn(CCCCO)c1C. The van der Waals surface area contributed by atoms with Gasteiger partial charge in [-0.3, -0.25) is 4.68 Å².